The summed E-state index contributed by atoms with van der Waals surface area (Å²) >= 11 is 0. The van der Waals surface area contributed by atoms with Crippen LogP contribution in [-0.4, -0.2) is 41.4 Å². The Morgan fingerprint density at radius 2 is 2.04 bits per heavy atom. The minimum absolute atomic E-state index is 0.384. The number of carbonyl (C=O) groups excluding carboxylic acids is 1. The molecule has 0 bridgehead atoms. The molecular weight excluding hydrogens is 312 g/mol. The van der Waals surface area contributed by atoms with Crippen LogP contribution in [0.4, 0.5) is 4.79 Å². The highest BCUT2D eigenvalue weighted by Crippen LogP contribution is 2.20. The molecule has 0 atom stereocenters. The number of methoxy groups -OCH3 is 1. The van der Waals surface area contributed by atoms with Crippen molar-refractivity contribution in [3.05, 3.63) is 30.0 Å². The van der Waals surface area contributed by atoms with Crippen LogP contribution in [0, 0.1) is 0 Å². The number of allylic oxidation sites excluding steroid dienone is 1. The van der Waals surface area contributed by atoms with Crippen LogP contribution < -0.4 is 10.1 Å². The van der Waals surface area contributed by atoms with Gasteiger partial charge in [-0.1, -0.05) is 0 Å². The van der Waals surface area contributed by atoms with E-state index in [1.165, 1.54) is 7.11 Å². The van der Waals surface area contributed by atoms with E-state index in [4.69, 9.17) is 14.6 Å². The molecule has 0 aliphatic heterocycles. The quantitative estimate of drug-likeness (QED) is 0.587. The van der Waals surface area contributed by atoms with Crippen LogP contribution in [0.2, 0.25) is 0 Å². The van der Waals surface area contributed by atoms with Crippen molar-refractivity contribution in [2.45, 2.75) is 39.2 Å². The summed E-state index contributed by atoms with van der Waals surface area (Å²) in [6, 6.07) is 3.42. The fraction of sp³-hybridized carbons (Fsp3) is 0.471. The second-order valence-corrected chi connectivity index (χ2v) is 6.13. The first-order valence-corrected chi connectivity index (χ1v) is 7.62. The molecule has 0 aliphatic rings. The first-order valence-electron chi connectivity index (χ1n) is 7.62. The maximum Gasteiger partial charge on any atom is 0.407 e. The molecule has 1 amide bonds. The number of aromatic nitrogens is 1. The number of aliphatic carboxylic acids is 1. The van der Waals surface area contributed by atoms with E-state index in [9.17, 15) is 9.59 Å². The van der Waals surface area contributed by atoms with Crippen molar-refractivity contribution in [2.24, 2.45) is 0 Å². The number of nitrogens with one attached hydrogen (secondary N) is 1. The molecule has 7 nitrogen and oxygen atoms in total. The molecule has 1 aromatic rings. The lowest BCUT2D eigenvalue weighted by Gasteiger charge is -2.19. The summed E-state index contributed by atoms with van der Waals surface area (Å²) in [5.41, 5.74) is 0.784. The van der Waals surface area contributed by atoms with E-state index in [1.54, 1.807) is 39.1 Å². The molecule has 24 heavy (non-hydrogen) atoms. The minimum atomic E-state index is -1.03. The van der Waals surface area contributed by atoms with Gasteiger partial charge >= 0.3 is 12.1 Å². The van der Waals surface area contributed by atoms with Crippen molar-refractivity contribution in [1.82, 2.24) is 10.3 Å². The van der Waals surface area contributed by atoms with Gasteiger partial charge in [-0.25, -0.2) is 14.6 Å². The van der Waals surface area contributed by atoms with E-state index in [0.717, 1.165) is 6.08 Å². The molecule has 2 N–H and O–H groups in total. The lowest BCUT2D eigenvalue weighted by molar-refractivity contribution is -0.131. The largest absolute Gasteiger partial charge is 0.481 e. The fourth-order valence-corrected chi connectivity index (χ4v) is 1.92. The van der Waals surface area contributed by atoms with E-state index in [0.29, 0.717) is 36.4 Å². The second-order valence-electron chi connectivity index (χ2n) is 6.13. The van der Waals surface area contributed by atoms with Crippen LogP contribution in [-0.2, 0) is 9.53 Å². The van der Waals surface area contributed by atoms with E-state index >= 15 is 0 Å². The Morgan fingerprint density at radius 3 is 2.54 bits per heavy atom. The van der Waals surface area contributed by atoms with Crippen LogP contribution in [0.3, 0.4) is 0 Å². The Morgan fingerprint density at radius 1 is 1.33 bits per heavy atom. The third-order valence-corrected chi connectivity index (χ3v) is 2.91. The van der Waals surface area contributed by atoms with Crippen molar-refractivity contribution in [1.29, 1.82) is 0 Å². The average molecular weight is 336 g/mol. The summed E-state index contributed by atoms with van der Waals surface area (Å²) in [6.07, 6.45) is 3.28. The lowest BCUT2D eigenvalue weighted by Crippen LogP contribution is -2.33. The van der Waals surface area contributed by atoms with E-state index < -0.39 is 17.7 Å². The molecule has 0 aliphatic carbocycles. The van der Waals surface area contributed by atoms with Crippen LogP contribution in [0.25, 0.3) is 5.57 Å². The van der Waals surface area contributed by atoms with Gasteiger partial charge in [-0.2, -0.15) is 0 Å². The first kappa shape index (κ1) is 19.5. The monoisotopic (exact) mass is 336 g/mol. The zero-order chi connectivity index (χ0) is 18.2. The summed E-state index contributed by atoms with van der Waals surface area (Å²) < 4.78 is 10.1. The van der Waals surface area contributed by atoms with Gasteiger partial charge in [-0.15, -0.1) is 0 Å². The van der Waals surface area contributed by atoms with Crippen LogP contribution in [0.1, 0.15) is 39.2 Å². The predicted octanol–water partition coefficient (Wildman–Crippen LogP) is 2.86. The van der Waals surface area contributed by atoms with Gasteiger partial charge in [0.15, 0.2) is 0 Å². The molecular formula is C17H24N2O5. The number of amides is 1. The van der Waals surface area contributed by atoms with Gasteiger partial charge in [-0.05, 0) is 50.8 Å². The van der Waals surface area contributed by atoms with E-state index in [2.05, 4.69) is 10.3 Å². The maximum absolute atomic E-state index is 11.6. The highest BCUT2D eigenvalue weighted by molar-refractivity contribution is 5.89. The highest BCUT2D eigenvalue weighted by atomic mass is 16.6. The Balaban J connectivity index is 2.59. The summed E-state index contributed by atoms with van der Waals surface area (Å²) in [5.74, 6) is -0.569. The standard InChI is InChI=1S/C17H24N2O5/c1-17(2,3)24-16(22)18-9-5-6-12(10-15(20)21)13-7-8-14(23-4)19-11-13/h7-8,10-11H,5-6,9H2,1-4H3,(H,18,22)(H,20,21)/b12-10-. The summed E-state index contributed by atoms with van der Waals surface area (Å²) in [7, 11) is 1.51. The lowest BCUT2D eigenvalue weighted by atomic mass is 10.0. The molecule has 0 saturated carbocycles. The summed E-state index contributed by atoms with van der Waals surface area (Å²) in [5, 5.41) is 11.7. The molecule has 1 aromatic heterocycles. The highest BCUT2D eigenvalue weighted by Gasteiger charge is 2.15. The molecule has 0 unspecified atom stereocenters. The van der Waals surface area contributed by atoms with Gasteiger partial charge in [0.1, 0.15) is 5.60 Å². The number of hydrogen-bond acceptors (Lipinski definition) is 5. The van der Waals surface area contributed by atoms with Gasteiger partial charge in [-0.3, -0.25) is 0 Å². The van der Waals surface area contributed by atoms with Crippen LogP contribution in [0.5, 0.6) is 5.88 Å². The smallest absolute Gasteiger partial charge is 0.407 e. The predicted molar refractivity (Wildman–Crippen MR) is 89.9 cm³/mol. The summed E-state index contributed by atoms with van der Waals surface area (Å²) in [6.45, 7) is 5.75. The SMILES string of the molecule is COc1ccc(/C(=C\C(=O)O)CCCNC(=O)OC(C)(C)C)cn1. The minimum Gasteiger partial charge on any atom is -0.481 e. The Hall–Kier alpha value is -2.57. The van der Waals surface area contributed by atoms with Gasteiger partial charge < -0.3 is 19.9 Å². The number of rotatable bonds is 7. The number of ether oxygens (including phenoxy) is 2. The molecule has 7 heteroatoms. The number of carboxylic acid groups (broad SMARTS) is 1. The number of alkyl carbamates (subject to hydrolysis) is 1. The molecule has 0 radical (unpaired) electrons. The van der Waals surface area contributed by atoms with Crippen molar-refractivity contribution < 1.29 is 24.2 Å². The number of hydrogen-bond donors (Lipinski definition) is 2. The van der Waals surface area contributed by atoms with Gasteiger partial charge in [0.25, 0.3) is 0 Å². The van der Waals surface area contributed by atoms with Gasteiger partial charge in [0.05, 0.1) is 7.11 Å². The molecule has 0 aromatic carbocycles. The van der Waals surface area contributed by atoms with Crippen molar-refractivity contribution in [2.75, 3.05) is 13.7 Å². The molecule has 0 saturated heterocycles. The number of carboxylic acids is 1. The van der Waals surface area contributed by atoms with Crippen LogP contribution >= 0.6 is 0 Å². The van der Waals surface area contributed by atoms with Gasteiger partial charge in [0.2, 0.25) is 5.88 Å². The molecule has 1 heterocycles. The number of carbonyl (C=O) groups is 2. The fourth-order valence-electron chi connectivity index (χ4n) is 1.92. The second kappa shape index (κ2) is 8.90. The number of pyridine rings is 1. The van der Waals surface area contributed by atoms with E-state index in [-0.39, 0.29) is 0 Å². The average Bonchev–Trinajstić information content (AvgIpc) is 2.48. The Bertz CT molecular complexity index is 588. The molecule has 1 rings (SSSR count). The Labute approximate surface area is 141 Å². The van der Waals surface area contributed by atoms with Gasteiger partial charge in [0, 0.05) is 24.9 Å². The third-order valence-electron chi connectivity index (χ3n) is 2.91. The zero-order valence-electron chi connectivity index (χ0n) is 14.5. The topological polar surface area (TPSA) is 97.8 Å². The third kappa shape index (κ3) is 7.62. The number of nitrogens with zero attached hydrogens (tertiary/aromatic N) is 1. The normalized spacial score (nSPS) is 11.8. The summed E-state index contributed by atoms with van der Waals surface area (Å²) in [4.78, 5) is 26.6. The molecule has 0 fully saturated rings. The Kier molecular flexibility index (Phi) is 7.23. The van der Waals surface area contributed by atoms with Crippen LogP contribution in [0.15, 0.2) is 24.4 Å². The van der Waals surface area contributed by atoms with Crippen molar-refractivity contribution in [3.63, 3.8) is 0 Å². The van der Waals surface area contributed by atoms with Crippen molar-refractivity contribution >= 4 is 17.6 Å². The zero-order valence-corrected chi connectivity index (χ0v) is 14.5. The molecule has 0 spiro atoms. The van der Waals surface area contributed by atoms with E-state index in [1.807, 2.05) is 0 Å². The molecule has 132 valence electrons. The van der Waals surface area contributed by atoms with Crippen molar-refractivity contribution in [3.8, 4) is 5.88 Å². The first-order chi connectivity index (χ1) is 11.2. The maximum atomic E-state index is 11.6.